The van der Waals surface area contributed by atoms with E-state index in [2.05, 4.69) is 45.1 Å². The van der Waals surface area contributed by atoms with Gasteiger partial charge < -0.3 is 10.6 Å². The molecule has 0 fully saturated rings. The lowest BCUT2D eigenvalue weighted by Gasteiger charge is -2.13. The average Bonchev–Trinajstić information content (AvgIpc) is 3.19. The van der Waals surface area contributed by atoms with Gasteiger partial charge in [0, 0.05) is 12.6 Å². The van der Waals surface area contributed by atoms with Crippen LogP contribution in [0.25, 0.3) is 0 Å². The predicted octanol–water partition coefficient (Wildman–Crippen LogP) is 4.38. The van der Waals surface area contributed by atoms with E-state index in [4.69, 9.17) is 0 Å². The highest BCUT2D eigenvalue weighted by molar-refractivity contribution is 8.01. The molecule has 0 aliphatic carbocycles. The molecule has 2 aromatic carbocycles. The molecular weight excluding hydrogens is 388 g/mol. The zero-order valence-electron chi connectivity index (χ0n) is 15.8. The molecule has 3 rings (SSSR count). The third kappa shape index (κ3) is 6.98. The van der Waals surface area contributed by atoms with E-state index in [1.165, 1.54) is 34.2 Å². The Hall–Kier alpha value is -2.38. The SMILES string of the molecule is C[C@@H](CCc1ccccc1)NC(=O)CSc1nnc(NCc2ccccc2)s1. The minimum Gasteiger partial charge on any atom is -0.356 e. The van der Waals surface area contributed by atoms with Gasteiger partial charge in [-0.3, -0.25) is 4.79 Å². The summed E-state index contributed by atoms with van der Waals surface area (Å²) in [5, 5.41) is 15.4. The van der Waals surface area contributed by atoms with Gasteiger partial charge in [-0.05, 0) is 30.9 Å². The molecule has 1 aromatic heterocycles. The Bertz CT molecular complexity index is 855. The molecular formula is C21H24N4OS2. The summed E-state index contributed by atoms with van der Waals surface area (Å²) in [6.07, 6.45) is 1.88. The van der Waals surface area contributed by atoms with Crippen LogP contribution in [0.1, 0.15) is 24.5 Å². The number of thioether (sulfide) groups is 1. The first-order chi connectivity index (χ1) is 13.7. The fourth-order valence-corrected chi connectivity index (χ4v) is 4.22. The Kier molecular flexibility index (Phi) is 7.87. The first-order valence-electron chi connectivity index (χ1n) is 9.26. The van der Waals surface area contributed by atoms with Crippen molar-refractivity contribution in [3.8, 4) is 0 Å². The summed E-state index contributed by atoms with van der Waals surface area (Å²) in [5.74, 6) is 0.378. The van der Waals surface area contributed by atoms with Crippen molar-refractivity contribution in [1.82, 2.24) is 15.5 Å². The van der Waals surface area contributed by atoms with Gasteiger partial charge in [0.1, 0.15) is 0 Å². The minimum absolute atomic E-state index is 0.0274. The molecule has 0 unspecified atom stereocenters. The van der Waals surface area contributed by atoms with E-state index in [1.807, 2.05) is 43.3 Å². The van der Waals surface area contributed by atoms with Crippen molar-refractivity contribution >= 4 is 34.1 Å². The van der Waals surface area contributed by atoms with Crippen LogP contribution in [0.4, 0.5) is 5.13 Å². The lowest BCUT2D eigenvalue weighted by molar-refractivity contribution is -0.119. The van der Waals surface area contributed by atoms with Gasteiger partial charge in [-0.25, -0.2) is 0 Å². The molecule has 0 saturated heterocycles. The highest BCUT2D eigenvalue weighted by Gasteiger charge is 2.11. The lowest BCUT2D eigenvalue weighted by atomic mass is 10.1. The Morgan fingerprint density at radius 2 is 1.71 bits per heavy atom. The summed E-state index contributed by atoms with van der Waals surface area (Å²) in [7, 11) is 0. The Morgan fingerprint density at radius 1 is 1.04 bits per heavy atom. The number of hydrogen-bond donors (Lipinski definition) is 2. The van der Waals surface area contributed by atoms with E-state index in [0.717, 1.165) is 22.3 Å². The fraction of sp³-hybridized carbons (Fsp3) is 0.286. The van der Waals surface area contributed by atoms with Crippen molar-refractivity contribution in [2.45, 2.75) is 36.7 Å². The Morgan fingerprint density at radius 3 is 2.43 bits per heavy atom. The number of aromatic nitrogens is 2. The molecule has 1 atom stereocenters. The zero-order valence-corrected chi connectivity index (χ0v) is 17.4. The van der Waals surface area contributed by atoms with Gasteiger partial charge >= 0.3 is 0 Å². The van der Waals surface area contributed by atoms with E-state index >= 15 is 0 Å². The predicted molar refractivity (Wildman–Crippen MR) is 117 cm³/mol. The number of benzene rings is 2. The van der Waals surface area contributed by atoms with Crippen LogP contribution in [0.2, 0.25) is 0 Å². The highest BCUT2D eigenvalue weighted by Crippen LogP contribution is 2.25. The third-order valence-electron chi connectivity index (χ3n) is 4.14. The molecule has 0 radical (unpaired) electrons. The van der Waals surface area contributed by atoms with E-state index in [-0.39, 0.29) is 11.9 Å². The molecule has 3 aromatic rings. The van der Waals surface area contributed by atoms with Gasteiger partial charge in [0.15, 0.2) is 4.34 Å². The molecule has 0 spiro atoms. The molecule has 1 heterocycles. The molecule has 2 N–H and O–H groups in total. The Balaban J connectivity index is 1.35. The number of rotatable bonds is 10. The van der Waals surface area contributed by atoms with Crippen molar-refractivity contribution in [1.29, 1.82) is 0 Å². The average molecular weight is 413 g/mol. The molecule has 7 heteroatoms. The molecule has 0 saturated carbocycles. The zero-order chi connectivity index (χ0) is 19.6. The van der Waals surface area contributed by atoms with Crippen molar-refractivity contribution in [2.75, 3.05) is 11.1 Å². The van der Waals surface area contributed by atoms with Crippen LogP contribution in [0.3, 0.4) is 0 Å². The first kappa shape index (κ1) is 20.4. The number of carbonyl (C=O) groups is 1. The van der Waals surface area contributed by atoms with Crippen molar-refractivity contribution in [3.63, 3.8) is 0 Å². The number of hydrogen-bond acceptors (Lipinski definition) is 6. The maximum Gasteiger partial charge on any atom is 0.230 e. The second-order valence-corrected chi connectivity index (χ2v) is 8.69. The van der Waals surface area contributed by atoms with Crippen LogP contribution in [0, 0.1) is 0 Å². The number of anilines is 1. The largest absolute Gasteiger partial charge is 0.356 e. The first-order valence-corrected chi connectivity index (χ1v) is 11.1. The van der Waals surface area contributed by atoms with Crippen molar-refractivity contribution in [3.05, 3.63) is 71.8 Å². The van der Waals surface area contributed by atoms with Gasteiger partial charge in [-0.15, -0.1) is 10.2 Å². The summed E-state index contributed by atoms with van der Waals surface area (Å²) in [6, 6.07) is 20.6. The molecule has 0 aliphatic rings. The summed E-state index contributed by atoms with van der Waals surface area (Å²) in [6.45, 7) is 2.75. The monoisotopic (exact) mass is 412 g/mol. The molecule has 146 valence electrons. The van der Waals surface area contributed by atoms with E-state index in [0.29, 0.717) is 12.3 Å². The van der Waals surface area contributed by atoms with Crippen LogP contribution in [-0.4, -0.2) is 27.9 Å². The maximum atomic E-state index is 12.2. The molecule has 1 amide bonds. The van der Waals surface area contributed by atoms with Crippen LogP contribution >= 0.6 is 23.1 Å². The summed E-state index contributed by atoms with van der Waals surface area (Å²) >= 11 is 2.89. The number of nitrogens with zero attached hydrogens (tertiary/aromatic N) is 2. The molecule has 0 aliphatic heterocycles. The quantitative estimate of drug-likeness (QED) is 0.484. The number of carbonyl (C=O) groups excluding carboxylic acids is 1. The van der Waals surface area contributed by atoms with E-state index in [1.54, 1.807) is 0 Å². The Labute approximate surface area is 174 Å². The maximum absolute atomic E-state index is 12.2. The van der Waals surface area contributed by atoms with Gasteiger partial charge in [0.05, 0.1) is 5.75 Å². The van der Waals surface area contributed by atoms with Gasteiger partial charge in [0.2, 0.25) is 11.0 Å². The standard InChI is InChI=1S/C21H24N4OS2/c1-16(12-13-17-8-4-2-5-9-17)23-19(26)15-27-21-25-24-20(28-21)22-14-18-10-6-3-7-11-18/h2-11,16H,12-15H2,1H3,(H,22,24)(H,23,26)/t16-/m0/s1. The second-order valence-electron chi connectivity index (χ2n) is 6.49. The summed E-state index contributed by atoms with van der Waals surface area (Å²) in [5.41, 5.74) is 2.48. The van der Waals surface area contributed by atoms with Gasteiger partial charge in [-0.2, -0.15) is 0 Å². The molecule has 28 heavy (non-hydrogen) atoms. The second kappa shape index (κ2) is 10.8. The molecule has 5 nitrogen and oxygen atoms in total. The van der Waals surface area contributed by atoms with Gasteiger partial charge in [-0.1, -0.05) is 83.8 Å². The van der Waals surface area contributed by atoms with Crippen LogP contribution < -0.4 is 10.6 Å². The fourth-order valence-electron chi connectivity index (χ4n) is 2.66. The van der Waals surface area contributed by atoms with Crippen molar-refractivity contribution in [2.24, 2.45) is 0 Å². The van der Waals surface area contributed by atoms with Crippen LogP contribution in [0.15, 0.2) is 65.0 Å². The van der Waals surface area contributed by atoms with Crippen molar-refractivity contribution < 1.29 is 4.79 Å². The summed E-state index contributed by atoms with van der Waals surface area (Å²) < 4.78 is 0.794. The normalized spacial score (nSPS) is 11.8. The van der Waals surface area contributed by atoms with Crippen LogP contribution in [0.5, 0.6) is 0 Å². The lowest BCUT2D eigenvalue weighted by Crippen LogP contribution is -2.34. The number of nitrogens with one attached hydrogen (secondary N) is 2. The smallest absolute Gasteiger partial charge is 0.230 e. The minimum atomic E-state index is 0.0274. The van der Waals surface area contributed by atoms with Gasteiger partial charge in [0.25, 0.3) is 0 Å². The topological polar surface area (TPSA) is 66.9 Å². The number of aryl methyl sites for hydroxylation is 1. The highest BCUT2D eigenvalue weighted by atomic mass is 32.2. The summed E-state index contributed by atoms with van der Waals surface area (Å²) in [4.78, 5) is 12.2. The van der Waals surface area contributed by atoms with E-state index in [9.17, 15) is 4.79 Å². The number of amides is 1. The molecule has 0 bridgehead atoms. The van der Waals surface area contributed by atoms with E-state index < -0.39 is 0 Å². The van der Waals surface area contributed by atoms with Crippen LogP contribution in [-0.2, 0) is 17.8 Å². The third-order valence-corrected chi connectivity index (χ3v) is 6.15.